The molecule has 0 saturated carbocycles. The van der Waals surface area contributed by atoms with Crippen molar-refractivity contribution in [3.05, 3.63) is 0 Å². The highest BCUT2D eigenvalue weighted by atomic mass is 16.5. The van der Waals surface area contributed by atoms with Gasteiger partial charge in [0.2, 0.25) is 0 Å². The van der Waals surface area contributed by atoms with Crippen molar-refractivity contribution in [2.24, 2.45) is 11.8 Å². The summed E-state index contributed by atoms with van der Waals surface area (Å²) >= 11 is 0. The van der Waals surface area contributed by atoms with Crippen LogP contribution in [0.4, 0.5) is 0 Å². The van der Waals surface area contributed by atoms with Gasteiger partial charge in [0.1, 0.15) is 0 Å². The summed E-state index contributed by atoms with van der Waals surface area (Å²) in [6.07, 6.45) is 3.04. The minimum Gasteiger partial charge on any atom is -0.378 e. The van der Waals surface area contributed by atoms with Crippen molar-refractivity contribution in [1.82, 2.24) is 5.32 Å². The van der Waals surface area contributed by atoms with Gasteiger partial charge < -0.3 is 10.1 Å². The summed E-state index contributed by atoms with van der Waals surface area (Å²) in [5.41, 5.74) is 0. The Morgan fingerprint density at radius 3 is 2.85 bits per heavy atom. The van der Waals surface area contributed by atoms with Gasteiger partial charge in [-0.05, 0) is 31.2 Å². The molecular weight excluding hydrogens is 162 g/mol. The smallest absolute Gasteiger partial charge is 0.0638 e. The topological polar surface area (TPSA) is 21.3 Å². The lowest BCUT2D eigenvalue weighted by atomic mass is 9.87. The zero-order valence-electron chi connectivity index (χ0n) is 9.18. The van der Waals surface area contributed by atoms with Gasteiger partial charge in [-0.2, -0.15) is 0 Å². The van der Waals surface area contributed by atoms with Crippen molar-refractivity contribution in [2.45, 2.75) is 39.7 Å². The highest BCUT2D eigenvalue weighted by Gasteiger charge is 2.27. The van der Waals surface area contributed by atoms with E-state index in [-0.39, 0.29) is 0 Å². The fourth-order valence-corrected chi connectivity index (χ4v) is 2.15. The van der Waals surface area contributed by atoms with Gasteiger partial charge in [-0.15, -0.1) is 0 Å². The summed E-state index contributed by atoms with van der Waals surface area (Å²) < 4.78 is 5.81. The third-order valence-electron chi connectivity index (χ3n) is 2.81. The molecule has 1 fully saturated rings. The molecule has 2 unspecified atom stereocenters. The quantitative estimate of drug-likeness (QED) is 0.723. The second-order valence-electron chi connectivity index (χ2n) is 4.29. The Morgan fingerprint density at radius 1 is 1.46 bits per heavy atom. The van der Waals surface area contributed by atoms with Crippen molar-refractivity contribution in [2.75, 3.05) is 19.7 Å². The molecule has 2 nitrogen and oxygen atoms in total. The number of ether oxygens (including phenoxy) is 1. The minimum atomic E-state index is 0.479. The van der Waals surface area contributed by atoms with Crippen LogP contribution in [0.3, 0.4) is 0 Å². The van der Waals surface area contributed by atoms with Crippen LogP contribution in [0.2, 0.25) is 0 Å². The molecule has 1 heterocycles. The third-order valence-corrected chi connectivity index (χ3v) is 2.81. The lowest BCUT2D eigenvalue weighted by Crippen LogP contribution is -2.39. The Balaban J connectivity index is 2.37. The van der Waals surface area contributed by atoms with E-state index in [0.717, 1.165) is 25.6 Å². The number of nitrogens with one attached hydrogen (secondary N) is 1. The van der Waals surface area contributed by atoms with Crippen LogP contribution >= 0.6 is 0 Å². The molecule has 0 amide bonds. The van der Waals surface area contributed by atoms with Crippen LogP contribution in [-0.2, 0) is 4.74 Å². The molecule has 2 heteroatoms. The molecule has 0 radical (unpaired) electrons. The summed E-state index contributed by atoms with van der Waals surface area (Å²) in [6.45, 7) is 9.84. The molecule has 78 valence electrons. The molecule has 0 aromatic rings. The molecule has 2 atom stereocenters. The van der Waals surface area contributed by atoms with Gasteiger partial charge in [0, 0.05) is 13.2 Å². The minimum absolute atomic E-state index is 0.479. The zero-order chi connectivity index (χ0) is 9.68. The van der Waals surface area contributed by atoms with E-state index in [9.17, 15) is 0 Å². The second kappa shape index (κ2) is 5.61. The Bertz CT molecular complexity index is 136. The average molecular weight is 185 g/mol. The lowest BCUT2D eigenvalue weighted by molar-refractivity contribution is -0.0514. The molecule has 0 bridgehead atoms. The van der Waals surface area contributed by atoms with Crippen LogP contribution in [0.15, 0.2) is 0 Å². The molecule has 1 rings (SSSR count). The maximum atomic E-state index is 5.81. The predicted molar refractivity (Wildman–Crippen MR) is 55.8 cm³/mol. The van der Waals surface area contributed by atoms with E-state index in [1.54, 1.807) is 0 Å². The largest absolute Gasteiger partial charge is 0.378 e. The first kappa shape index (κ1) is 11.0. The van der Waals surface area contributed by atoms with Crippen LogP contribution in [-0.4, -0.2) is 25.8 Å². The summed E-state index contributed by atoms with van der Waals surface area (Å²) in [6, 6.07) is 0. The number of rotatable bonds is 4. The fraction of sp³-hybridized carbons (Fsp3) is 1.00. The van der Waals surface area contributed by atoms with Crippen LogP contribution in [0.25, 0.3) is 0 Å². The van der Waals surface area contributed by atoms with Gasteiger partial charge in [-0.1, -0.05) is 20.8 Å². The molecule has 13 heavy (non-hydrogen) atoms. The van der Waals surface area contributed by atoms with E-state index < -0.39 is 0 Å². The van der Waals surface area contributed by atoms with E-state index in [4.69, 9.17) is 4.74 Å². The molecule has 0 aromatic carbocycles. The number of hydrogen-bond donors (Lipinski definition) is 1. The first-order chi connectivity index (χ1) is 6.25. The molecule has 1 saturated heterocycles. The first-order valence-corrected chi connectivity index (χ1v) is 5.58. The van der Waals surface area contributed by atoms with Crippen molar-refractivity contribution >= 4 is 0 Å². The van der Waals surface area contributed by atoms with Crippen molar-refractivity contribution in [3.63, 3.8) is 0 Å². The van der Waals surface area contributed by atoms with Crippen LogP contribution < -0.4 is 5.32 Å². The normalized spacial score (nSPS) is 29.5. The van der Waals surface area contributed by atoms with E-state index in [1.807, 2.05) is 0 Å². The van der Waals surface area contributed by atoms with Gasteiger partial charge in [0.25, 0.3) is 0 Å². The van der Waals surface area contributed by atoms with E-state index in [0.29, 0.717) is 12.0 Å². The molecule has 1 aliphatic rings. The molecule has 1 aliphatic heterocycles. The average Bonchev–Trinajstić information content (AvgIpc) is 2.15. The van der Waals surface area contributed by atoms with Gasteiger partial charge in [0.15, 0.2) is 0 Å². The van der Waals surface area contributed by atoms with Gasteiger partial charge in [-0.25, -0.2) is 0 Å². The fourth-order valence-electron chi connectivity index (χ4n) is 2.15. The maximum Gasteiger partial charge on any atom is 0.0638 e. The van der Waals surface area contributed by atoms with Crippen molar-refractivity contribution in [1.29, 1.82) is 0 Å². The van der Waals surface area contributed by atoms with Crippen LogP contribution in [0.1, 0.15) is 33.6 Å². The number of hydrogen-bond acceptors (Lipinski definition) is 2. The van der Waals surface area contributed by atoms with Crippen LogP contribution in [0.5, 0.6) is 0 Å². The monoisotopic (exact) mass is 185 g/mol. The van der Waals surface area contributed by atoms with Gasteiger partial charge in [0.05, 0.1) is 6.10 Å². The molecular formula is C11H23NO. The summed E-state index contributed by atoms with van der Waals surface area (Å²) in [7, 11) is 0. The molecule has 0 aromatic heterocycles. The Kier molecular flexibility index (Phi) is 4.74. The Labute approximate surface area is 82.0 Å². The van der Waals surface area contributed by atoms with E-state index in [2.05, 4.69) is 26.1 Å². The standard InChI is InChI=1S/C11H23NO/c1-4-12-8-10-6-5-7-13-11(10)9(2)3/h9-12H,4-8H2,1-3H3. The second-order valence-corrected chi connectivity index (χ2v) is 4.29. The van der Waals surface area contributed by atoms with Crippen molar-refractivity contribution in [3.8, 4) is 0 Å². The summed E-state index contributed by atoms with van der Waals surface area (Å²) in [5, 5.41) is 3.42. The SMILES string of the molecule is CCNCC1CCCOC1C(C)C. The van der Waals surface area contributed by atoms with E-state index >= 15 is 0 Å². The maximum absolute atomic E-state index is 5.81. The van der Waals surface area contributed by atoms with Gasteiger partial charge in [-0.3, -0.25) is 0 Å². The summed E-state index contributed by atoms with van der Waals surface area (Å²) in [5.74, 6) is 1.39. The highest BCUT2D eigenvalue weighted by Crippen LogP contribution is 2.25. The Morgan fingerprint density at radius 2 is 2.23 bits per heavy atom. The zero-order valence-corrected chi connectivity index (χ0v) is 9.18. The third kappa shape index (κ3) is 3.28. The lowest BCUT2D eigenvalue weighted by Gasteiger charge is -2.34. The molecule has 0 spiro atoms. The van der Waals surface area contributed by atoms with E-state index in [1.165, 1.54) is 12.8 Å². The molecule has 1 N–H and O–H groups in total. The van der Waals surface area contributed by atoms with Gasteiger partial charge >= 0.3 is 0 Å². The van der Waals surface area contributed by atoms with Crippen molar-refractivity contribution < 1.29 is 4.74 Å². The summed E-state index contributed by atoms with van der Waals surface area (Å²) in [4.78, 5) is 0. The highest BCUT2D eigenvalue weighted by molar-refractivity contribution is 4.78. The van der Waals surface area contributed by atoms with Crippen LogP contribution in [0, 0.1) is 11.8 Å². The predicted octanol–water partition coefficient (Wildman–Crippen LogP) is 2.05. The Hall–Kier alpha value is -0.0800. The molecule has 0 aliphatic carbocycles. The first-order valence-electron chi connectivity index (χ1n) is 5.58.